The maximum atomic E-state index is 12.2. The zero-order valence-corrected chi connectivity index (χ0v) is 12.9. The lowest BCUT2D eigenvalue weighted by Gasteiger charge is -2.26. The van der Waals surface area contributed by atoms with Gasteiger partial charge in [0, 0.05) is 24.7 Å². The number of rotatable bonds is 8. The van der Waals surface area contributed by atoms with E-state index in [-0.39, 0.29) is 11.6 Å². The molecular formula is C14H24N4O3. The zero-order valence-electron chi connectivity index (χ0n) is 12.9. The second-order valence-electron chi connectivity index (χ2n) is 5.29. The number of nitro groups is 1. The van der Waals surface area contributed by atoms with Crippen LogP contribution >= 0.6 is 0 Å². The SMILES string of the molecule is CCCn1cc([N+](=O)[O-])cc1C(=O)NCC(N)(CC)CC. The van der Waals surface area contributed by atoms with Gasteiger partial charge in [-0.2, -0.15) is 0 Å². The normalized spacial score (nSPS) is 11.4. The van der Waals surface area contributed by atoms with Crippen molar-refractivity contribution < 1.29 is 9.72 Å². The van der Waals surface area contributed by atoms with E-state index in [0.717, 1.165) is 19.3 Å². The van der Waals surface area contributed by atoms with Gasteiger partial charge in [0.1, 0.15) is 5.69 Å². The third kappa shape index (κ3) is 4.29. The van der Waals surface area contributed by atoms with Gasteiger partial charge in [-0.25, -0.2) is 0 Å². The van der Waals surface area contributed by atoms with E-state index >= 15 is 0 Å². The van der Waals surface area contributed by atoms with E-state index in [9.17, 15) is 14.9 Å². The number of nitrogens with zero attached hydrogens (tertiary/aromatic N) is 2. The zero-order chi connectivity index (χ0) is 16.0. The van der Waals surface area contributed by atoms with Crippen LogP contribution in [-0.2, 0) is 6.54 Å². The summed E-state index contributed by atoms with van der Waals surface area (Å²) >= 11 is 0. The van der Waals surface area contributed by atoms with Crippen LogP contribution in [0.25, 0.3) is 0 Å². The summed E-state index contributed by atoms with van der Waals surface area (Å²) in [6, 6.07) is 1.31. The number of nitrogens with two attached hydrogens (primary N) is 1. The highest BCUT2D eigenvalue weighted by Gasteiger charge is 2.23. The summed E-state index contributed by atoms with van der Waals surface area (Å²) in [7, 11) is 0. The number of nitrogens with one attached hydrogen (secondary N) is 1. The third-order valence-electron chi connectivity index (χ3n) is 3.80. The first kappa shape index (κ1) is 17.2. The second-order valence-corrected chi connectivity index (χ2v) is 5.29. The lowest BCUT2D eigenvalue weighted by Crippen LogP contribution is -2.49. The van der Waals surface area contributed by atoms with E-state index < -0.39 is 10.5 Å². The number of hydrogen-bond acceptors (Lipinski definition) is 4. The fourth-order valence-corrected chi connectivity index (χ4v) is 2.06. The minimum absolute atomic E-state index is 0.0707. The Morgan fingerprint density at radius 3 is 2.52 bits per heavy atom. The molecule has 0 saturated heterocycles. The van der Waals surface area contributed by atoms with E-state index in [2.05, 4.69) is 5.32 Å². The van der Waals surface area contributed by atoms with Crippen LogP contribution in [0.2, 0.25) is 0 Å². The van der Waals surface area contributed by atoms with Crippen molar-refractivity contribution >= 4 is 11.6 Å². The molecule has 0 aliphatic heterocycles. The number of carbonyl (C=O) groups is 1. The Labute approximate surface area is 124 Å². The van der Waals surface area contributed by atoms with Gasteiger partial charge >= 0.3 is 0 Å². The molecule has 0 fully saturated rings. The molecule has 0 atom stereocenters. The number of carbonyl (C=O) groups excluding carboxylic acids is 1. The molecule has 1 aromatic rings. The highest BCUT2D eigenvalue weighted by molar-refractivity contribution is 5.93. The van der Waals surface area contributed by atoms with E-state index in [0.29, 0.717) is 18.8 Å². The Kier molecular flexibility index (Phi) is 5.90. The van der Waals surface area contributed by atoms with Crippen LogP contribution in [0.15, 0.2) is 12.3 Å². The van der Waals surface area contributed by atoms with Crippen molar-refractivity contribution in [3.63, 3.8) is 0 Å². The molecule has 1 rings (SSSR count). The van der Waals surface area contributed by atoms with Crippen molar-refractivity contribution in [3.8, 4) is 0 Å². The van der Waals surface area contributed by atoms with E-state index in [4.69, 9.17) is 5.73 Å². The standard InChI is InChI=1S/C14H24N4O3/c1-4-7-17-9-11(18(20)21)8-12(17)13(19)16-10-14(15,5-2)6-3/h8-9H,4-7,10,15H2,1-3H3,(H,16,19). The van der Waals surface area contributed by atoms with Crippen molar-refractivity contribution in [3.05, 3.63) is 28.1 Å². The lowest BCUT2D eigenvalue weighted by molar-refractivity contribution is -0.384. The highest BCUT2D eigenvalue weighted by atomic mass is 16.6. The van der Waals surface area contributed by atoms with Crippen molar-refractivity contribution in [2.45, 2.75) is 52.1 Å². The van der Waals surface area contributed by atoms with Crippen LogP contribution < -0.4 is 11.1 Å². The minimum Gasteiger partial charge on any atom is -0.349 e. The van der Waals surface area contributed by atoms with E-state index in [1.165, 1.54) is 12.3 Å². The molecule has 1 heterocycles. The van der Waals surface area contributed by atoms with Gasteiger partial charge in [-0.05, 0) is 19.3 Å². The number of amides is 1. The summed E-state index contributed by atoms with van der Waals surface area (Å²) in [6.45, 7) is 6.81. The molecule has 7 heteroatoms. The minimum atomic E-state index is -0.492. The fourth-order valence-electron chi connectivity index (χ4n) is 2.06. The van der Waals surface area contributed by atoms with Crippen LogP contribution in [-0.4, -0.2) is 27.5 Å². The maximum absolute atomic E-state index is 12.2. The quantitative estimate of drug-likeness (QED) is 0.566. The molecule has 1 amide bonds. The number of aryl methyl sites for hydroxylation is 1. The molecule has 0 aliphatic carbocycles. The van der Waals surface area contributed by atoms with Crippen LogP contribution in [0.3, 0.4) is 0 Å². The van der Waals surface area contributed by atoms with Crippen LogP contribution in [0.4, 0.5) is 5.69 Å². The molecule has 0 aliphatic rings. The van der Waals surface area contributed by atoms with Crippen molar-refractivity contribution in [1.29, 1.82) is 0 Å². The van der Waals surface area contributed by atoms with Crippen LogP contribution in [0.1, 0.15) is 50.5 Å². The van der Waals surface area contributed by atoms with Crippen molar-refractivity contribution in [1.82, 2.24) is 9.88 Å². The molecule has 0 spiro atoms. The monoisotopic (exact) mass is 296 g/mol. The molecule has 21 heavy (non-hydrogen) atoms. The van der Waals surface area contributed by atoms with Crippen LogP contribution in [0, 0.1) is 10.1 Å². The predicted octanol–water partition coefficient (Wildman–Crippen LogP) is 2.05. The summed E-state index contributed by atoms with van der Waals surface area (Å²) in [5, 5.41) is 13.6. The number of aromatic nitrogens is 1. The van der Waals surface area contributed by atoms with Gasteiger partial charge in [-0.15, -0.1) is 0 Å². The topological polar surface area (TPSA) is 103 Å². The maximum Gasteiger partial charge on any atom is 0.287 e. The predicted molar refractivity (Wildman–Crippen MR) is 81.2 cm³/mol. The molecular weight excluding hydrogens is 272 g/mol. The molecule has 0 bridgehead atoms. The Bertz CT molecular complexity index is 506. The first-order chi connectivity index (χ1) is 9.86. The summed E-state index contributed by atoms with van der Waals surface area (Å²) in [5.74, 6) is -0.326. The Balaban J connectivity index is 2.88. The lowest BCUT2D eigenvalue weighted by atomic mass is 9.94. The van der Waals surface area contributed by atoms with Crippen molar-refractivity contribution in [2.24, 2.45) is 5.73 Å². The van der Waals surface area contributed by atoms with Gasteiger partial charge in [-0.3, -0.25) is 14.9 Å². The van der Waals surface area contributed by atoms with Gasteiger partial charge in [0.25, 0.3) is 11.6 Å². The van der Waals surface area contributed by atoms with E-state index in [1.54, 1.807) is 4.57 Å². The Morgan fingerprint density at radius 2 is 2.05 bits per heavy atom. The van der Waals surface area contributed by atoms with Gasteiger partial charge < -0.3 is 15.6 Å². The third-order valence-corrected chi connectivity index (χ3v) is 3.80. The summed E-state index contributed by atoms with van der Waals surface area (Å²) in [4.78, 5) is 22.6. The van der Waals surface area contributed by atoms with Gasteiger partial charge in [-0.1, -0.05) is 20.8 Å². The smallest absolute Gasteiger partial charge is 0.287 e. The fraction of sp³-hybridized carbons (Fsp3) is 0.643. The average molecular weight is 296 g/mol. The molecule has 0 unspecified atom stereocenters. The molecule has 3 N–H and O–H groups in total. The Hall–Kier alpha value is -1.89. The second kappa shape index (κ2) is 7.21. The summed E-state index contributed by atoms with van der Waals surface area (Å²) < 4.78 is 1.61. The summed E-state index contributed by atoms with van der Waals surface area (Å²) in [6.07, 6.45) is 3.68. The molecule has 1 aromatic heterocycles. The highest BCUT2D eigenvalue weighted by Crippen LogP contribution is 2.17. The number of hydrogen-bond donors (Lipinski definition) is 2. The molecule has 0 aromatic carbocycles. The largest absolute Gasteiger partial charge is 0.349 e. The first-order valence-corrected chi connectivity index (χ1v) is 7.28. The molecule has 0 radical (unpaired) electrons. The summed E-state index contributed by atoms with van der Waals surface area (Å²) in [5.41, 5.74) is 5.94. The van der Waals surface area contributed by atoms with Crippen LogP contribution in [0.5, 0.6) is 0 Å². The molecule has 0 saturated carbocycles. The van der Waals surface area contributed by atoms with Gasteiger partial charge in [0.2, 0.25) is 0 Å². The van der Waals surface area contributed by atoms with E-state index in [1.807, 2.05) is 20.8 Å². The van der Waals surface area contributed by atoms with Gasteiger partial charge in [0.15, 0.2) is 0 Å². The first-order valence-electron chi connectivity index (χ1n) is 7.28. The molecule has 7 nitrogen and oxygen atoms in total. The molecule has 118 valence electrons. The van der Waals surface area contributed by atoms with Crippen molar-refractivity contribution in [2.75, 3.05) is 6.54 Å². The Morgan fingerprint density at radius 1 is 1.43 bits per heavy atom. The van der Waals surface area contributed by atoms with Gasteiger partial charge in [0.05, 0.1) is 11.1 Å². The average Bonchev–Trinajstić information content (AvgIpc) is 2.89.